The fourth-order valence-corrected chi connectivity index (χ4v) is 2.69. The summed E-state index contributed by atoms with van der Waals surface area (Å²) >= 11 is 0. The van der Waals surface area contributed by atoms with Gasteiger partial charge in [0, 0.05) is 18.2 Å². The zero-order valence-corrected chi connectivity index (χ0v) is 11.3. The maximum Gasteiger partial charge on any atom is 0.335 e. The average molecular weight is 277 g/mol. The summed E-state index contributed by atoms with van der Waals surface area (Å²) in [5, 5.41) is 18.0. The van der Waals surface area contributed by atoms with Gasteiger partial charge in [-0.2, -0.15) is 0 Å². The smallest absolute Gasteiger partial charge is 0.335 e. The second-order valence-corrected chi connectivity index (χ2v) is 5.04. The van der Waals surface area contributed by atoms with Crippen LogP contribution in [0.3, 0.4) is 0 Å². The van der Waals surface area contributed by atoms with Gasteiger partial charge < -0.3 is 15.1 Å². The molecule has 20 heavy (non-hydrogen) atoms. The van der Waals surface area contributed by atoms with Crippen molar-refractivity contribution in [2.24, 2.45) is 0 Å². The lowest BCUT2D eigenvalue weighted by atomic mass is 10.1. The maximum atomic E-state index is 12.5. The van der Waals surface area contributed by atoms with Gasteiger partial charge >= 0.3 is 5.97 Å². The summed E-state index contributed by atoms with van der Waals surface area (Å²) in [6.07, 6.45) is 4.16. The Balaban J connectivity index is 2.15. The molecule has 1 aliphatic rings. The van der Waals surface area contributed by atoms with Crippen LogP contribution in [0.25, 0.3) is 0 Å². The van der Waals surface area contributed by atoms with Crippen molar-refractivity contribution in [1.82, 2.24) is 4.90 Å². The minimum absolute atomic E-state index is 0.0601. The van der Waals surface area contributed by atoms with Crippen molar-refractivity contribution < 1.29 is 19.8 Å². The second kappa shape index (κ2) is 6.52. The Morgan fingerprint density at radius 2 is 1.65 bits per heavy atom. The molecule has 0 heterocycles. The molecule has 5 nitrogen and oxygen atoms in total. The van der Waals surface area contributed by atoms with Crippen molar-refractivity contribution in [3.05, 3.63) is 35.4 Å². The van der Waals surface area contributed by atoms with Crippen LogP contribution >= 0.6 is 0 Å². The van der Waals surface area contributed by atoms with E-state index in [1.807, 2.05) is 0 Å². The first kappa shape index (κ1) is 14.5. The summed E-state index contributed by atoms with van der Waals surface area (Å²) in [6, 6.07) is 6.12. The van der Waals surface area contributed by atoms with Gasteiger partial charge in [-0.3, -0.25) is 4.79 Å². The number of aliphatic hydroxyl groups is 1. The monoisotopic (exact) mass is 277 g/mol. The molecule has 1 amide bonds. The third-order valence-corrected chi connectivity index (χ3v) is 3.75. The SMILES string of the molecule is O=C(O)c1ccc(C(=O)N(CCO)C2CCCC2)cc1. The molecule has 1 saturated carbocycles. The molecule has 0 unspecified atom stereocenters. The molecule has 0 aromatic heterocycles. The minimum atomic E-state index is -1.01. The summed E-state index contributed by atoms with van der Waals surface area (Å²) in [4.78, 5) is 25.0. The third-order valence-electron chi connectivity index (χ3n) is 3.75. The second-order valence-electron chi connectivity index (χ2n) is 5.04. The van der Waals surface area contributed by atoms with Crippen molar-refractivity contribution >= 4 is 11.9 Å². The number of carboxylic acid groups (broad SMARTS) is 1. The lowest BCUT2D eigenvalue weighted by Gasteiger charge is -2.28. The van der Waals surface area contributed by atoms with E-state index >= 15 is 0 Å². The molecule has 2 N–H and O–H groups in total. The van der Waals surface area contributed by atoms with E-state index < -0.39 is 5.97 Å². The van der Waals surface area contributed by atoms with Gasteiger partial charge in [0.25, 0.3) is 5.91 Å². The molecule has 0 atom stereocenters. The standard InChI is InChI=1S/C15H19NO4/c17-10-9-16(13-3-1-2-4-13)14(18)11-5-7-12(8-6-11)15(19)20/h5-8,13,17H,1-4,9-10H2,(H,19,20). The first-order chi connectivity index (χ1) is 9.63. The van der Waals surface area contributed by atoms with Crippen LogP contribution in [0.15, 0.2) is 24.3 Å². The first-order valence-electron chi connectivity index (χ1n) is 6.88. The van der Waals surface area contributed by atoms with Crippen molar-refractivity contribution in [3.63, 3.8) is 0 Å². The molecule has 108 valence electrons. The van der Waals surface area contributed by atoms with E-state index in [0.29, 0.717) is 12.1 Å². The van der Waals surface area contributed by atoms with Gasteiger partial charge in [-0.25, -0.2) is 4.79 Å². The van der Waals surface area contributed by atoms with E-state index in [1.165, 1.54) is 24.3 Å². The van der Waals surface area contributed by atoms with Crippen LogP contribution in [0.4, 0.5) is 0 Å². The largest absolute Gasteiger partial charge is 0.478 e. The van der Waals surface area contributed by atoms with E-state index in [4.69, 9.17) is 10.2 Å². The van der Waals surface area contributed by atoms with Crippen LogP contribution in [0.2, 0.25) is 0 Å². The summed E-state index contributed by atoms with van der Waals surface area (Å²) in [5.74, 6) is -1.14. The molecule has 0 bridgehead atoms. The predicted octanol–water partition coefficient (Wildman–Crippen LogP) is 1.76. The Morgan fingerprint density at radius 3 is 2.15 bits per heavy atom. The molecule has 1 aromatic rings. The van der Waals surface area contributed by atoms with Gasteiger partial charge in [0.15, 0.2) is 0 Å². The number of benzene rings is 1. The minimum Gasteiger partial charge on any atom is -0.478 e. The number of hydrogen-bond donors (Lipinski definition) is 2. The Morgan fingerprint density at radius 1 is 1.10 bits per heavy atom. The average Bonchev–Trinajstić information content (AvgIpc) is 2.98. The van der Waals surface area contributed by atoms with Crippen molar-refractivity contribution in [3.8, 4) is 0 Å². The molecular formula is C15H19NO4. The zero-order chi connectivity index (χ0) is 14.5. The summed E-state index contributed by atoms with van der Waals surface area (Å²) in [5.41, 5.74) is 0.631. The number of carbonyl (C=O) groups excluding carboxylic acids is 1. The highest BCUT2D eigenvalue weighted by molar-refractivity contribution is 5.96. The van der Waals surface area contributed by atoms with E-state index in [2.05, 4.69) is 0 Å². The number of aromatic carboxylic acids is 1. The maximum absolute atomic E-state index is 12.5. The Hall–Kier alpha value is -1.88. The zero-order valence-electron chi connectivity index (χ0n) is 11.3. The van der Waals surface area contributed by atoms with Gasteiger partial charge in [-0.15, -0.1) is 0 Å². The van der Waals surface area contributed by atoms with Crippen molar-refractivity contribution in [1.29, 1.82) is 0 Å². The number of aliphatic hydroxyl groups excluding tert-OH is 1. The highest BCUT2D eigenvalue weighted by Gasteiger charge is 2.26. The fraction of sp³-hybridized carbons (Fsp3) is 0.467. The van der Waals surface area contributed by atoms with Crippen LogP contribution in [0.1, 0.15) is 46.4 Å². The van der Waals surface area contributed by atoms with E-state index in [9.17, 15) is 9.59 Å². The molecule has 5 heteroatoms. The topological polar surface area (TPSA) is 77.8 Å². The number of carboxylic acids is 1. The van der Waals surface area contributed by atoms with Crippen LogP contribution in [0, 0.1) is 0 Å². The number of carbonyl (C=O) groups is 2. The van der Waals surface area contributed by atoms with Crippen molar-refractivity contribution in [2.45, 2.75) is 31.7 Å². The Labute approximate surface area is 117 Å². The third kappa shape index (κ3) is 3.17. The highest BCUT2D eigenvalue weighted by atomic mass is 16.4. The normalized spacial score (nSPS) is 15.2. The Kier molecular flexibility index (Phi) is 4.74. The predicted molar refractivity (Wildman–Crippen MR) is 73.8 cm³/mol. The van der Waals surface area contributed by atoms with Crippen LogP contribution in [-0.4, -0.2) is 46.2 Å². The lowest BCUT2D eigenvalue weighted by Crippen LogP contribution is -2.40. The quantitative estimate of drug-likeness (QED) is 0.859. The number of amides is 1. The van der Waals surface area contributed by atoms with Gasteiger partial charge in [0.05, 0.1) is 12.2 Å². The number of rotatable bonds is 5. The molecule has 0 radical (unpaired) electrons. The van der Waals surface area contributed by atoms with Crippen molar-refractivity contribution in [2.75, 3.05) is 13.2 Å². The van der Waals surface area contributed by atoms with Crippen LogP contribution < -0.4 is 0 Å². The molecule has 1 aliphatic carbocycles. The first-order valence-corrected chi connectivity index (χ1v) is 6.88. The molecular weight excluding hydrogens is 258 g/mol. The van der Waals surface area contributed by atoms with Gasteiger partial charge in [0.2, 0.25) is 0 Å². The van der Waals surface area contributed by atoms with Gasteiger partial charge in [0.1, 0.15) is 0 Å². The van der Waals surface area contributed by atoms with Gasteiger partial charge in [-0.1, -0.05) is 12.8 Å². The Bertz CT molecular complexity index is 477. The van der Waals surface area contributed by atoms with E-state index in [1.54, 1.807) is 4.90 Å². The number of hydrogen-bond acceptors (Lipinski definition) is 3. The highest BCUT2D eigenvalue weighted by Crippen LogP contribution is 2.24. The van der Waals surface area contributed by atoms with Crippen LogP contribution in [-0.2, 0) is 0 Å². The lowest BCUT2D eigenvalue weighted by molar-refractivity contribution is 0.0635. The van der Waals surface area contributed by atoms with E-state index in [0.717, 1.165) is 25.7 Å². The summed E-state index contributed by atoms with van der Waals surface area (Å²) < 4.78 is 0. The molecule has 1 aromatic carbocycles. The summed E-state index contributed by atoms with van der Waals surface area (Å²) in [7, 11) is 0. The summed E-state index contributed by atoms with van der Waals surface area (Å²) in [6.45, 7) is 0.264. The molecule has 2 rings (SSSR count). The van der Waals surface area contributed by atoms with E-state index in [-0.39, 0.29) is 24.1 Å². The molecule has 0 saturated heterocycles. The molecule has 0 spiro atoms. The molecule has 1 fully saturated rings. The number of nitrogens with zero attached hydrogens (tertiary/aromatic N) is 1. The fourth-order valence-electron chi connectivity index (χ4n) is 2.69. The van der Waals surface area contributed by atoms with Crippen LogP contribution in [0.5, 0.6) is 0 Å². The molecule has 0 aliphatic heterocycles. The van der Waals surface area contributed by atoms with Gasteiger partial charge in [-0.05, 0) is 37.1 Å².